The fourth-order valence-electron chi connectivity index (χ4n) is 2.37. The second-order valence-corrected chi connectivity index (χ2v) is 4.77. The Balaban J connectivity index is 1.90. The van der Waals surface area contributed by atoms with Crippen LogP contribution in [0.15, 0.2) is 22.8 Å². The minimum atomic E-state index is -0.393. The van der Waals surface area contributed by atoms with Crippen LogP contribution < -0.4 is 5.32 Å². The van der Waals surface area contributed by atoms with Crippen LogP contribution in [0.3, 0.4) is 0 Å². The monoisotopic (exact) mass is 280 g/mol. The maximum Gasteiger partial charge on any atom is 0.290 e. The summed E-state index contributed by atoms with van der Waals surface area (Å²) in [5.41, 5.74) is 0. The minimum absolute atomic E-state index is 0.0986. The molecule has 1 aromatic heterocycles. The van der Waals surface area contributed by atoms with E-state index in [1.165, 1.54) is 6.26 Å². The summed E-state index contributed by atoms with van der Waals surface area (Å²) in [5.74, 6) is -0.0351. The van der Waals surface area contributed by atoms with Crippen LogP contribution in [0, 0.1) is 0 Å². The Morgan fingerprint density at radius 3 is 3.10 bits per heavy atom. The number of nitrogens with zero attached hydrogens (tertiary/aromatic N) is 1. The van der Waals surface area contributed by atoms with E-state index in [0.717, 1.165) is 12.8 Å². The van der Waals surface area contributed by atoms with E-state index < -0.39 is 6.04 Å². The van der Waals surface area contributed by atoms with Crippen LogP contribution in [-0.2, 0) is 9.53 Å². The third-order valence-corrected chi connectivity index (χ3v) is 3.37. The SMILES string of the molecule is COCCCNC(=O)C1CCCN1C(=O)c1ccco1. The number of hydrogen-bond donors (Lipinski definition) is 1. The molecule has 1 aromatic rings. The first-order valence-electron chi connectivity index (χ1n) is 6.85. The van der Waals surface area contributed by atoms with E-state index in [1.807, 2.05) is 0 Å². The van der Waals surface area contributed by atoms with Crippen molar-refractivity contribution in [1.82, 2.24) is 10.2 Å². The molecule has 20 heavy (non-hydrogen) atoms. The van der Waals surface area contributed by atoms with Gasteiger partial charge in [0, 0.05) is 26.8 Å². The van der Waals surface area contributed by atoms with Crippen molar-refractivity contribution < 1.29 is 18.7 Å². The molecular formula is C14H20N2O4. The van der Waals surface area contributed by atoms with Crippen molar-refractivity contribution in [2.24, 2.45) is 0 Å². The van der Waals surface area contributed by atoms with E-state index in [9.17, 15) is 9.59 Å². The van der Waals surface area contributed by atoms with Crippen LogP contribution in [0.25, 0.3) is 0 Å². The van der Waals surface area contributed by atoms with Gasteiger partial charge in [-0.1, -0.05) is 0 Å². The van der Waals surface area contributed by atoms with Crippen molar-refractivity contribution in [2.75, 3.05) is 26.8 Å². The minimum Gasteiger partial charge on any atom is -0.459 e. The Hall–Kier alpha value is -1.82. The second kappa shape index (κ2) is 7.09. The maximum absolute atomic E-state index is 12.2. The molecule has 2 amide bonds. The van der Waals surface area contributed by atoms with E-state index in [0.29, 0.717) is 26.1 Å². The Kier molecular flexibility index (Phi) is 5.17. The number of furan rings is 1. The molecule has 0 saturated carbocycles. The second-order valence-electron chi connectivity index (χ2n) is 4.77. The molecule has 1 aliphatic rings. The Labute approximate surface area is 118 Å². The highest BCUT2D eigenvalue weighted by Gasteiger charge is 2.35. The van der Waals surface area contributed by atoms with Gasteiger partial charge >= 0.3 is 0 Å². The number of amides is 2. The molecule has 110 valence electrons. The molecule has 0 aliphatic carbocycles. The number of carbonyl (C=O) groups excluding carboxylic acids is 2. The molecule has 2 heterocycles. The normalized spacial score (nSPS) is 18.2. The van der Waals surface area contributed by atoms with Gasteiger partial charge in [0.05, 0.1) is 6.26 Å². The van der Waals surface area contributed by atoms with Crippen molar-refractivity contribution in [3.05, 3.63) is 24.2 Å². The Morgan fingerprint density at radius 2 is 2.40 bits per heavy atom. The molecule has 0 spiro atoms. The summed E-state index contributed by atoms with van der Waals surface area (Å²) in [5, 5.41) is 2.85. The van der Waals surface area contributed by atoms with Crippen molar-refractivity contribution in [3.63, 3.8) is 0 Å². The summed E-state index contributed by atoms with van der Waals surface area (Å²) in [7, 11) is 1.63. The molecule has 0 bridgehead atoms. The van der Waals surface area contributed by atoms with Crippen LogP contribution in [0.1, 0.15) is 29.8 Å². The molecule has 6 heteroatoms. The molecule has 1 N–H and O–H groups in total. The van der Waals surface area contributed by atoms with Gasteiger partial charge in [0.2, 0.25) is 5.91 Å². The van der Waals surface area contributed by atoms with Gasteiger partial charge in [0.15, 0.2) is 5.76 Å². The highest BCUT2D eigenvalue weighted by molar-refractivity contribution is 5.95. The lowest BCUT2D eigenvalue weighted by atomic mass is 10.2. The fraction of sp³-hybridized carbons (Fsp3) is 0.571. The average Bonchev–Trinajstić information content (AvgIpc) is 3.12. The van der Waals surface area contributed by atoms with Gasteiger partial charge in [0.1, 0.15) is 6.04 Å². The number of carbonyl (C=O) groups is 2. The zero-order chi connectivity index (χ0) is 14.4. The van der Waals surface area contributed by atoms with E-state index in [-0.39, 0.29) is 17.6 Å². The zero-order valence-corrected chi connectivity index (χ0v) is 11.6. The Bertz CT molecular complexity index is 444. The van der Waals surface area contributed by atoms with Gasteiger partial charge < -0.3 is 19.4 Å². The molecule has 1 fully saturated rings. The summed E-state index contributed by atoms with van der Waals surface area (Å²) in [6.45, 7) is 1.77. The smallest absolute Gasteiger partial charge is 0.290 e. The van der Waals surface area contributed by atoms with Crippen LogP contribution in [0.2, 0.25) is 0 Å². The highest BCUT2D eigenvalue weighted by atomic mass is 16.5. The van der Waals surface area contributed by atoms with Gasteiger partial charge in [-0.15, -0.1) is 0 Å². The van der Waals surface area contributed by atoms with Gasteiger partial charge in [-0.05, 0) is 31.4 Å². The first kappa shape index (κ1) is 14.6. The molecule has 1 saturated heterocycles. The lowest BCUT2D eigenvalue weighted by Gasteiger charge is -2.22. The van der Waals surface area contributed by atoms with E-state index >= 15 is 0 Å². The predicted octanol–water partition coefficient (Wildman–Crippen LogP) is 1.04. The van der Waals surface area contributed by atoms with E-state index in [4.69, 9.17) is 9.15 Å². The molecule has 2 rings (SSSR count). The summed E-state index contributed by atoms with van der Waals surface area (Å²) in [4.78, 5) is 25.9. The summed E-state index contributed by atoms with van der Waals surface area (Å²) < 4.78 is 10.0. The molecule has 0 aromatic carbocycles. The van der Waals surface area contributed by atoms with Crippen LogP contribution >= 0.6 is 0 Å². The number of ether oxygens (including phenoxy) is 1. The summed E-state index contributed by atoms with van der Waals surface area (Å²) >= 11 is 0. The molecule has 1 aliphatic heterocycles. The number of hydrogen-bond acceptors (Lipinski definition) is 4. The largest absolute Gasteiger partial charge is 0.459 e. The number of rotatable bonds is 6. The summed E-state index contributed by atoms with van der Waals surface area (Å²) in [6, 6.07) is 2.90. The van der Waals surface area contributed by atoms with E-state index in [1.54, 1.807) is 24.1 Å². The first-order chi connectivity index (χ1) is 9.74. The lowest BCUT2D eigenvalue weighted by Crippen LogP contribution is -2.46. The first-order valence-corrected chi connectivity index (χ1v) is 6.85. The van der Waals surface area contributed by atoms with Gasteiger partial charge in [-0.2, -0.15) is 0 Å². The molecule has 1 unspecified atom stereocenters. The van der Waals surface area contributed by atoms with Crippen molar-refractivity contribution >= 4 is 11.8 Å². The summed E-state index contributed by atoms with van der Waals surface area (Å²) in [6.07, 6.45) is 3.76. The fourth-order valence-corrected chi connectivity index (χ4v) is 2.37. The molecule has 0 radical (unpaired) electrons. The predicted molar refractivity (Wildman–Crippen MR) is 72.3 cm³/mol. The highest BCUT2D eigenvalue weighted by Crippen LogP contribution is 2.20. The maximum atomic E-state index is 12.2. The molecular weight excluding hydrogens is 260 g/mol. The van der Waals surface area contributed by atoms with Crippen molar-refractivity contribution in [2.45, 2.75) is 25.3 Å². The Morgan fingerprint density at radius 1 is 1.55 bits per heavy atom. The van der Waals surface area contributed by atoms with Crippen LogP contribution in [0.5, 0.6) is 0 Å². The topological polar surface area (TPSA) is 71.8 Å². The van der Waals surface area contributed by atoms with Gasteiger partial charge in [0.25, 0.3) is 5.91 Å². The quantitative estimate of drug-likeness (QED) is 0.790. The zero-order valence-electron chi connectivity index (χ0n) is 11.6. The number of methoxy groups -OCH3 is 1. The third-order valence-electron chi connectivity index (χ3n) is 3.37. The van der Waals surface area contributed by atoms with E-state index in [2.05, 4.69) is 5.32 Å². The average molecular weight is 280 g/mol. The van der Waals surface area contributed by atoms with Crippen LogP contribution in [-0.4, -0.2) is 49.6 Å². The number of nitrogens with one attached hydrogen (secondary N) is 1. The lowest BCUT2D eigenvalue weighted by molar-refractivity contribution is -0.124. The molecule has 1 atom stereocenters. The van der Waals surface area contributed by atoms with Gasteiger partial charge in [-0.25, -0.2) is 0 Å². The van der Waals surface area contributed by atoms with Crippen LogP contribution in [0.4, 0.5) is 0 Å². The van der Waals surface area contributed by atoms with Gasteiger partial charge in [-0.3, -0.25) is 9.59 Å². The van der Waals surface area contributed by atoms with Crippen molar-refractivity contribution in [3.8, 4) is 0 Å². The van der Waals surface area contributed by atoms with Crippen molar-refractivity contribution in [1.29, 1.82) is 0 Å². The number of likely N-dealkylation sites (tertiary alicyclic amines) is 1. The third kappa shape index (κ3) is 3.39. The molecule has 6 nitrogen and oxygen atoms in total. The standard InChI is InChI=1S/C14H20N2O4/c1-19-9-4-7-15-13(17)11-5-2-8-16(11)14(18)12-6-3-10-20-12/h3,6,10-11H,2,4-5,7-9H2,1H3,(H,15,17).